The third kappa shape index (κ3) is 10.7. The lowest BCUT2D eigenvalue weighted by atomic mass is 10.1. The second-order valence-electron chi connectivity index (χ2n) is 14.0. The van der Waals surface area contributed by atoms with E-state index in [1.165, 1.54) is 23.2 Å². The number of benzene rings is 3. The summed E-state index contributed by atoms with van der Waals surface area (Å²) in [6.07, 6.45) is 4.09. The van der Waals surface area contributed by atoms with Crippen molar-refractivity contribution < 1.29 is 37.3 Å². The maximum atomic E-state index is 14.1. The summed E-state index contributed by atoms with van der Waals surface area (Å²) in [4.78, 5) is 66.3. The topological polar surface area (TPSA) is 239 Å². The van der Waals surface area contributed by atoms with Crippen molar-refractivity contribution in [3.8, 4) is 0 Å². The van der Waals surface area contributed by atoms with Crippen LogP contribution in [0, 0.1) is 0 Å². The van der Waals surface area contributed by atoms with Crippen LogP contribution in [0.5, 0.6) is 0 Å². The van der Waals surface area contributed by atoms with E-state index in [0.29, 0.717) is 59.1 Å². The lowest BCUT2D eigenvalue weighted by Crippen LogP contribution is -2.39. The Kier molecular flexibility index (Phi) is 13.3. The SMILES string of the molecule is CN1Cc2cc(C(=O)N(CCCCCCNC(=O)c3ccc(NNCc4ccccc4S(=O)(=O)O)nc3)Cc3nc4ccccc4[nH]3)ccc2NC(CC(=O)O)C1=O. The minimum absolute atomic E-state index is 0.0866. The fourth-order valence-electron chi connectivity index (χ4n) is 6.68. The van der Waals surface area contributed by atoms with E-state index in [4.69, 9.17) is 0 Å². The third-order valence-corrected chi connectivity index (χ3v) is 10.6. The molecule has 1 atom stereocenters. The van der Waals surface area contributed by atoms with Crippen LogP contribution in [0.25, 0.3) is 11.0 Å². The van der Waals surface area contributed by atoms with Gasteiger partial charge in [-0.3, -0.25) is 23.7 Å². The average Bonchev–Trinajstić information content (AvgIpc) is 3.57. The van der Waals surface area contributed by atoms with Gasteiger partial charge >= 0.3 is 5.97 Å². The zero-order valence-electron chi connectivity index (χ0n) is 31.8. The number of carboxylic acids is 1. The minimum Gasteiger partial charge on any atom is -0.481 e. The molecular weight excluding hydrogens is 767 g/mol. The monoisotopic (exact) mass is 811 g/mol. The lowest BCUT2D eigenvalue weighted by molar-refractivity contribution is -0.141. The number of aliphatic carboxylic acids is 1. The number of rotatable bonds is 18. The molecule has 3 amide bonds. The van der Waals surface area contributed by atoms with E-state index < -0.39 is 22.1 Å². The van der Waals surface area contributed by atoms with Gasteiger partial charge in [-0.25, -0.2) is 15.4 Å². The molecule has 3 heterocycles. The number of carboxylic acid groups (broad SMARTS) is 1. The number of likely N-dealkylation sites (N-methyl/N-ethyl adjacent to an activating group) is 1. The molecule has 0 radical (unpaired) electrons. The highest BCUT2D eigenvalue weighted by Crippen LogP contribution is 2.26. The van der Waals surface area contributed by atoms with Crippen molar-refractivity contribution in [3.05, 3.63) is 113 Å². The number of carbonyl (C=O) groups is 4. The van der Waals surface area contributed by atoms with Crippen LogP contribution < -0.4 is 21.5 Å². The maximum Gasteiger partial charge on any atom is 0.305 e. The van der Waals surface area contributed by atoms with Crippen molar-refractivity contribution in [1.82, 2.24) is 35.5 Å². The van der Waals surface area contributed by atoms with Gasteiger partial charge in [-0.05, 0) is 72.5 Å². The smallest absolute Gasteiger partial charge is 0.305 e. The number of para-hydroxylation sites is 2. The van der Waals surface area contributed by atoms with Crippen molar-refractivity contribution in [2.24, 2.45) is 0 Å². The summed E-state index contributed by atoms with van der Waals surface area (Å²) in [5.74, 6) is -0.860. The van der Waals surface area contributed by atoms with E-state index in [1.807, 2.05) is 24.3 Å². The Morgan fingerprint density at radius 3 is 2.48 bits per heavy atom. The van der Waals surface area contributed by atoms with Gasteiger partial charge in [0.15, 0.2) is 0 Å². The van der Waals surface area contributed by atoms with Crippen LogP contribution in [0.1, 0.15) is 69.8 Å². The van der Waals surface area contributed by atoms with E-state index in [9.17, 15) is 37.3 Å². The summed E-state index contributed by atoms with van der Waals surface area (Å²) in [7, 11) is -2.76. The normalized spacial score (nSPS) is 14.0. The van der Waals surface area contributed by atoms with Crippen molar-refractivity contribution in [2.45, 2.75) is 62.7 Å². The highest BCUT2D eigenvalue weighted by atomic mass is 32.2. The molecule has 17 nitrogen and oxygen atoms in total. The Labute approximate surface area is 335 Å². The van der Waals surface area contributed by atoms with Crippen LogP contribution in [0.15, 0.2) is 90.0 Å². The molecule has 6 rings (SSSR count). The molecule has 0 bridgehead atoms. The van der Waals surface area contributed by atoms with E-state index in [2.05, 4.69) is 36.4 Å². The number of hydrazine groups is 1. The Morgan fingerprint density at radius 1 is 0.966 bits per heavy atom. The third-order valence-electron chi connectivity index (χ3n) is 9.62. The number of aromatic amines is 1. The zero-order valence-corrected chi connectivity index (χ0v) is 32.6. The van der Waals surface area contributed by atoms with Crippen LogP contribution in [0.4, 0.5) is 11.5 Å². The number of H-pyrrole nitrogens is 1. The molecule has 7 N–H and O–H groups in total. The molecule has 0 fully saturated rings. The van der Waals surface area contributed by atoms with Gasteiger partial charge in [-0.2, -0.15) is 8.42 Å². The summed E-state index contributed by atoms with van der Waals surface area (Å²) in [5.41, 5.74) is 9.85. The standard InChI is InChI=1S/C40H45N9O8S/c1-48-24-29-20-26(14-16-30(29)44-33(40(48)54)21-37(50)51)39(53)49(25-36-45-31-11-5-6-12-32(31)46-36)19-9-3-2-8-18-41-38(52)28-15-17-35(42-22-28)47-43-23-27-10-4-7-13-34(27)58(55,56)57/h4-7,10-17,20,22,33,43-44H,2-3,8-9,18-19,21,23-25H2,1H3,(H,41,52)(H,42,47)(H,45,46)(H,50,51)(H,55,56,57). The van der Waals surface area contributed by atoms with Gasteiger partial charge in [0.05, 0.1) is 34.5 Å². The Morgan fingerprint density at radius 2 is 1.72 bits per heavy atom. The Balaban J connectivity index is 0.990. The summed E-state index contributed by atoms with van der Waals surface area (Å²) < 4.78 is 32.6. The van der Waals surface area contributed by atoms with Crippen molar-refractivity contribution >= 4 is 56.3 Å². The molecule has 1 aliphatic heterocycles. The summed E-state index contributed by atoms with van der Waals surface area (Å²) in [6.45, 7) is 1.45. The average molecular weight is 812 g/mol. The fraction of sp³-hybridized carbons (Fsp3) is 0.300. The maximum absolute atomic E-state index is 14.1. The fourth-order valence-corrected chi connectivity index (χ4v) is 7.40. The predicted octanol–water partition coefficient (Wildman–Crippen LogP) is 4.18. The van der Waals surface area contributed by atoms with Crippen LogP contribution in [0.2, 0.25) is 0 Å². The first-order valence-corrected chi connectivity index (χ1v) is 20.2. The van der Waals surface area contributed by atoms with E-state index in [-0.39, 0.29) is 48.7 Å². The van der Waals surface area contributed by atoms with Crippen LogP contribution >= 0.6 is 0 Å². The number of fused-ring (bicyclic) bond motifs is 2. The first-order chi connectivity index (χ1) is 27.9. The molecule has 2 aromatic heterocycles. The van der Waals surface area contributed by atoms with Gasteiger partial charge in [0.25, 0.3) is 21.9 Å². The van der Waals surface area contributed by atoms with Crippen LogP contribution in [-0.4, -0.2) is 92.7 Å². The van der Waals surface area contributed by atoms with E-state index in [1.54, 1.807) is 54.4 Å². The van der Waals surface area contributed by atoms with E-state index in [0.717, 1.165) is 30.3 Å². The van der Waals surface area contributed by atoms with Crippen molar-refractivity contribution in [2.75, 3.05) is 30.9 Å². The number of imidazole rings is 1. The summed E-state index contributed by atoms with van der Waals surface area (Å²) >= 11 is 0. The molecule has 1 unspecified atom stereocenters. The zero-order chi connectivity index (χ0) is 41.2. The number of carbonyl (C=O) groups excluding carboxylic acids is 3. The first kappa shape index (κ1) is 41.3. The molecule has 58 heavy (non-hydrogen) atoms. The number of unbranched alkanes of at least 4 members (excludes halogenated alkanes) is 3. The van der Waals surface area contributed by atoms with Crippen molar-refractivity contribution in [1.29, 1.82) is 0 Å². The number of hydrogen-bond acceptors (Lipinski definition) is 11. The van der Waals surface area contributed by atoms with Gasteiger partial charge in [0, 0.05) is 50.7 Å². The molecule has 3 aromatic carbocycles. The molecule has 0 saturated heterocycles. The number of pyridine rings is 1. The van der Waals surface area contributed by atoms with Gasteiger partial charge in [-0.1, -0.05) is 43.2 Å². The van der Waals surface area contributed by atoms with Gasteiger partial charge in [-0.15, -0.1) is 0 Å². The molecule has 5 aromatic rings. The van der Waals surface area contributed by atoms with Crippen LogP contribution in [0.3, 0.4) is 0 Å². The first-order valence-electron chi connectivity index (χ1n) is 18.7. The molecule has 18 heteroatoms. The second-order valence-corrected chi connectivity index (χ2v) is 15.3. The quantitative estimate of drug-likeness (QED) is 0.0374. The van der Waals surface area contributed by atoms with Crippen molar-refractivity contribution in [3.63, 3.8) is 0 Å². The Bertz CT molecular complexity index is 2350. The molecule has 0 spiro atoms. The highest BCUT2D eigenvalue weighted by Gasteiger charge is 2.30. The number of aromatic nitrogens is 3. The van der Waals surface area contributed by atoms with Crippen LogP contribution in [-0.2, 0) is 39.3 Å². The summed E-state index contributed by atoms with van der Waals surface area (Å²) in [5, 5.41) is 15.3. The van der Waals surface area contributed by atoms with Gasteiger partial charge in [0.2, 0.25) is 5.91 Å². The van der Waals surface area contributed by atoms with Gasteiger partial charge < -0.3 is 35.9 Å². The molecule has 304 valence electrons. The van der Waals surface area contributed by atoms with Gasteiger partial charge in [0.1, 0.15) is 17.7 Å². The number of amides is 3. The molecule has 0 aliphatic carbocycles. The molecule has 0 saturated carbocycles. The lowest BCUT2D eigenvalue weighted by Gasteiger charge is -2.23. The number of anilines is 2. The Hall–Kier alpha value is -6.37. The number of nitrogens with one attached hydrogen (secondary N) is 5. The minimum atomic E-state index is -4.37. The largest absolute Gasteiger partial charge is 0.481 e. The summed E-state index contributed by atoms with van der Waals surface area (Å²) in [6, 6.07) is 21.1. The highest BCUT2D eigenvalue weighted by molar-refractivity contribution is 7.85. The molecule has 1 aliphatic rings. The second kappa shape index (κ2) is 18.7. The molecular formula is C40H45N9O8S. The van der Waals surface area contributed by atoms with E-state index >= 15 is 0 Å². The number of nitrogens with zero attached hydrogens (tertiary/aromatic N) is 4. The number of hydrogen-bond donors (Lipinski definition) is 7. The predicted molar refractivity (Wildman–Crippen MR) is 215 cm³/mol.